The van der Waals surface area contributed by atoms with Crippen LogP contribution in [0.3, 0.4) is 0 Å². The fourth-order valence-electron chi connectivity index (χ4n) is 1.87. The van der Waals surface area contributed by atoms with E-state index < -0.39 is 0 Å². The fraction of sp³-hybridized carbons (Fsp3) is 0.286. The second-order valence-electron chi connectivity index (χ2n) is 3.97. The fourth-order valence-corrected chi connectivity index (χ4v) is 1.87. The van der Waals surface area contributed by atoms with Crippen molar-refractivity contribution in [3.8, 4) is 11.4 Å². The van der Waals surface area contributed by atoms with Gasteiger partial charge in [0.15, 0.2) is 5.82 Å². The number of rotatable bonds is 3. The molecule has 0 fully saturated rings. The molecule has 0 bridgehead atoms. The molecule has 0 aliphatic rings. The Kier molecular flexibility index (Phi) is 3.38. The van der Waals surface area contributed by atoms with Crippen molar-refractivity contribution in [1.29, 1.82) is 0 Å². The highest BCUT2D eigenvalue weighted by molar-refractivity contribution is 5.61. The maximum absolute atomic E-state index is 5.81. The standard InChI is InChI=1S/C14H17N3/c1-3-10-7-5-6-8-12(10)14-16-11(4-2)9-13(15)17-14/h5-9H,3-4H2,1-2H3,(H2,15,16,17). The van der Waals surface area contributed by atoms with Gasteiger partial charge in [-0.05, 0) is 18.4 Å². The molecule has 0 saturated carbocycles. The summed E-state index contributed by atoms with van der Waals surface area (Å²) in [4.78, 5) is 8.87. The highest BCUT2D eigenvalue weighted by Crippen LogP contribution is 2.22. The number of aromatic nitrogens is 2. The van der Waals surface area contributed by atoms with Crippen LogP contribution >= 0.6 is 0 Å². The summed E-state index contributed by atoms with van der Waals surface area (Å²) in [5, 5.41) is 0. The van der Waals surface area contributed by atoms with Crippen molar-refractivity contribution in [2.24, 2.45) is 0 Å². The Morgan fingerprint density at radius 2 is 1.82 bits per heavy atom. The van der Waals surface area contributed by atoms with Gasteiger partial charge in [-0.2, -0.15) is 0 Å². The predicted octanol–water partition coefficient (Wildman–Crippen LogP) is 2.85. The SMILES string of the molecule is CCc1cc(N)nc(-c2ccccc2CC)n1. The molecule has 3 nitrogen and oxygen atoms in total. The van der Waals surface area contributed by atoms with Crippen molar-refractivity contribution in [2.75, 3.05) is 5.73 Å². The number of hydrogen-bond acceptors (Lipinski definition) is 3. The van der Waals surface area contributed by atoms with Crippen LogP contribution in [-0.4, -0.2) is 9.97 Å². The number of aryl methyl sites for hydroxylation is 2. The molecule has 0 saturated heterocycles. The Morgan fingerprint density at radius 3 is 2.53 bits per heavy atom. The van der Waals surface area contributed by atoms with Crippen molar-refractivity contribution in [3.05, 3.63) is 41.6 Å². The lowest BCUT2D eigenvalue weighted by molar-refractivity contribution is 1.00. The minimum absolute atomic E-state index is 0.540. The Morgan fingerprint density at radius 1 is 1.06 bits per heavy atom. The zero-order valence-electron chi connectivity index (χ0n) is 10.3. The normalized spacial score (nSPS) is 10.5. The van der Waals surface area contributed by atoms with Gasteiger partial charge in [0.1, 0.15) is 5.82 Å². The smallest absolute Gasteiger partial charge is 0.162 e. The van der Waals surface area contributed by atoms with Crippen LogP contribution in [0.25, 0.3) is 11.4 Å². The summed E-state index contributed by atoms with van der Waals surface area (Å²) >= 11 is 0. The van der Waals surface area contributed by atoms with Crippen LogP contribution in [0.5, 0.6) is 0 Å². The Hall–Kier alpha value is -1.90. The Bertz CT molecular complexity index is 521. The average molecular weight is 227 g/mol. The van der Waals surface area contributed by atoms with Crippen molar-refractivity contribution in [3.63, 3.8) is 0 Å². The second-order valence-corrected chi connectivity index (χ2v) is 3.97. The van der Waals surface area contributed by atoms with Crippen LogP contribution in [0.2, 0.25) is 0 Å². The van der Waals surface area contributed by atoms with Crippen LogP contribution in [0.15, 0.2) is 30.3 Å². The van der Waals surface area contributed by atoms with E-state index in [4.69, 9.17) is 5.73 Å². The van der Waals surface area contributed by atoms with Crippen LogP contribution in [0, 0.1) is 0 Å². The van der Waals surface area contributed by atoms with Crippen LogP contribution in [-0.2, 0) is 12.8 Å². The number of nitrogens with zero attached hydrogens (tertiary/aromatic N) is 2. The molecule has 0 spiro atoms. The lowest BCUT2D eigenvalue weighted by atomic mass is 10.0. The summed E-state index contributed by atoms with van der Waals surface area (Å²) in [6.45, 7) is 4.20. The van der Waals surface area contributed by atoms with Crippen molar-refractivity contribution < 1.29 is 0 Å². The van der Waals surface area contributed by atoms with Gasteiger partial charge in [-0.1, -0.05) is 38.1 Å². The first-order chi connectivity index (χ1) is 8.24. The molecule has 1 aromatic heterocycles. The van der Waals surface area contributed by atoms with E-state index in [2.05, 4.69) is 29.9 Å². The van der Waals surface area contributed by atoms with Gasteiger partial charge in [-0.15, -0.1) is 0 Å². The van der Waals surface area contributed by atoms with E-state index in [1.807, 2.05) is 24.3 Å². The molecule has 2 aromatic rings. The topological polar surface area (TPSA) is 51.8 Å². The van der Waals surface area contributed by atoms with Gasteiger partial charge < -0.3 is 5.73 Å². The molecule has 2 N–H and O–H groups in total. The average Bonchev–Trinajstić information content (AvgIpc) is 2.37. The molecule has 0 aliphatic carbocycles. The summed E-state index contributed by atoms with van der Waals surface area (Å²) in [7, 11) is 0. The molecular formula is C14H17N3. The van der Waals surface area contributed by atoms with E-state index in [9.17, 15) is 0 Å². The molecule has 3 heteroatoms. The van der Waals surface area contributed by atoms with Gasteiger partial charge in [-0.25, -0.2) is 9.97 Å². The molecule has 0 amide bonds. The number of anilines is 1. The highest BCUT2D eigenvalue weighted by Gasteiger charge is 2.07. The zero-order chi connectivity index (χ0) is 12.3. The molecule has 0 atom stereocenters. The number of benzene rings is 1. The summed E-state index contributed by atoms with van der Waals surface area (Å²) in [6, 6.07) is 10.0. The third-order valence-electron chi connectivity index (χ3n) is 2.80. The van der Waals surface area contributed by atoms with Gasteiger partial charge >= 0.3 is 0 Å². The van der Waals surface area contributed by atoms with Crippen molar-refractivity contribution in [2.45, 2.75) is 26.7 Å². The van der Waals surface area contributed by atoms with Gasteiger partial charge in [-0.3, -0.25) is 0 Å². The van der Waals surface area contributed by atoms with Crippen molar-refractivity contribution in [1.82, 2.24) is 9.97 Å². The molecule has 1 aromatic carbocycles. The first kappa shape index (κ1) is 11.6. The summed E-state index contributed by atoms with van der Waals surface area (Å²) in [5.74, 6) is 1.28. The minimum Gasteiger partial charge on any atom is -0.384 e. The van der Waals surface area contributed by atoms with Gasteiger partial charge in [0, 0.05) is 17.3 Å². The van der Waals surface area contributed by atoms with Crippen LogP contribution in [0.1, 0.15) is 25.1 Å². The molecular weight excluding hydrogens is 210 g/mol. The zero-order valence-corrected chi connectivity index (χ0v) is 10.3. The molecule has 88 valence electrons. The van der Waals surface area contributed by atoms with E-state index in [0.29, 0.717) is 5.82 Å². The van der Waals surface area contributed by atoms with Gasteiger partial charge in [0.05, 0.1) is 0 Å². The molecule has 0 radical (unpaired) electrons. The number of nitrogens with two attached hydrogens (primary N) is 1. The monoisotopic (exact) mass is 227 g/mol. The lowest BCUT2D eigenvalue weighted by Crippen LogP contribution is -2.01. The van der Waals surface area contributed by atoms with Crippen LogP contribution in [0.4, 0.5) is 5.82 Å². The maximum atomic E-state index is 5.81. The first-order valence-electron chi connectivity index (χ1n) is 5.96. The summed E-state index contributed by atoms with van der Waals surface area (Å²) in [6.07, 6.45) is 1.84. The third-order valence-corrected chi connectivity index (χ3v) is 2.80. The summed E-state index contributed by atoms with van der Waals surface area (Å²) in [5.41, 5.74) is 9.13. The molecule has 2 rings (SSSR count). The first-order valence-corrected chi connectivity index (χ1v) is 5.96. The van der Waals surface area contributed by atoms with E-state index in [-0.39, 0.29) is 0 Å². The number of nitrogen functional groups attached to an aromatic ring is 1. The largest absolute Gasteiger partial charge is 0.384 e. The molecule has 1 heterocycles. The van der Waals surface area contributed by atoms with E-state index in [0.717, 1.165) is 29.9 Å². The molecule has 0 unspecified atom stereocenters. The van der Waals surface area contributed by atoms with Crippen molar-refractivity contribution >= 4 is 5.82 Å². The lowest BCUT2D eigenvalue weighted by Gasteiger charge is -2.08. The molecule has 17 heavy (non-hydrogen) atoms. The Labute approximate surface area is 102 Å². The number of hydrogen-bond donors (Lipinski definition) is 1. The van der Waals surface area contributed by atoms with E-state index in [1.165, 1.54) is 5.56 Å². The molecule has 0 aliphatic heterocycles. The maximum Gasteiger partial charge on any atom is 0.162 e. The quantitative estimate of drug-likeness (QED) is 0.877. The van der Waals surface area contributed by atoms with E-state index in [1.54, 1.807) is 0 Å². The van der Waals surface area contributed by atoms with Crippen LogP contribution < -0.4 is 5.73 Å². The minimum atomic E-state index is 0.540. The highest BCUT2D eigenvalue weighted by atomic mass is 14.9. The summed E-state index contributed by atoms with van der Waals surface area (Å²) < 4.78 is 0. The second kappa shape index (κ2) is 4.95. The van der Waals surface area contributed by atoms with E-state index >= 15 is 0 Å². The van der Waals surface area contributed by atoms with Gasteiger partial charge in [0.25, 0.3) is 0 Å². The van der Waals surface area contributed by atoms with Gasteiger partial charge in [0.2, 0.25) is 0 Å². The Balaban J connectivity index is 2.55. The third kappa shape index (κ3) is 2.44. The predicted molar refractivity (Wildman–Crippen MR) is 70.6 cm³/mol.